The zero-order valence-electron chi connectivity index (χ0n) is 13.0. The molecule has 1 fully saturated rings. The molecule has 9 heteroatoms. The Hall–Kier alpha value is -2.16. The second-order valence-electron chi connectivity index (χ2n) is 5.68. The van der Waals surface area contributed by atoms with E-state index in [9.17, 15) is 27.2 Å². The molecule has 0 aliphatic carbocycles. The zero-order valence-corrected chi connectivity index (χ0v) is 13.0. The van der Waals surface area contributed by atoms with Crippen molar-refractivity contribution in [3.63, 3.8) is 0 Å². The van der Waals surface area contributed by atoms with Gasteiger partial charge in [0.05, 0.1) is 30.2 Å². The number of rotatable bonds is 3. The van der Waals surface area contributed by atoms with Gasteiger partial charge in [-0.25, -0.2) is 4.39 Å². The molecule has 3 atom stereocenters. The second-order valence-corrected chi connectivity index (χ2v) is 5.68. The quantitative estimate of drug-likeness (QED) is 0.731. The van der Waals surface area contributed by atoms with Crippen molar-refractivity contribution in [2.45, 2.75) is 44.7 Å². The number of carbonyl (C=O) groups is 2. The standard InChI is InChI=1S/C15H17F4N3O2/c1-7(10-4-3-9(5-11(10)16)15(17,18)19)20-14(24)12-6-13(23)22-8(2)21-12/h3-5,7-8,12,21H,6H2,1-2H3,(H,20,24)(H,22,23)/t7-,8?,12?/m1/s1. The smallest absolute Gasteiger partial charge is 0.348 e. The average Bonchev–Trinajstić information content (AvgIpc) is 2.44. The lowest BCUT2D eigenvalue weighted by atomic mass is 10.0. The molecule has 0 aromatic heterocycles. The van der Waals surface area contributed by atoms with Crippen LogP contribution in [-0.2, 0) is 15.8 Å². The van der Waals surface area contributed by atoms with E-state index < -0.39 is 35.5 Å². The molecule has 132 valence electrons. The molecule has 3 N–H and O–H groups in total. The lowest BCUT2D eigenvalue weighted by Crippen LogP contribution is -2.59. The Morgan fingerprint density at radius 3 is 2.58 bits per heavy atom. The van der Waals surface area contributed by atoms with Crippen molar-refractivity contribution < 1.29 is 27.2 Å². The lowest BCUT2D eigenvalue weighted by molar-refractivity contribution is -0.137. The first kappa shape index (κ1) is 18.2. The van der Waals surface area contributed by atoms with Crippen LogP contribution in [0.4, 0.5) is 17.6 Å². The van der Waals surface area contributed by atoms with Crippen LogP contribution in [-0.4, -0.2) is 24.0 Å². The minimum absolute atomic E-state index is 0.0651. The van der Waals surface area contributed by atoms with Gasteiger partial charge in [0, 0.05) is 5.56 Å². The fraction of sp³-hybridized carbons (Fsp3) is 0.467. The first-order chi connectivity index (χ1) is 11.1. The highest BCUT2D eigenvalue weighted by atomic mass is 19.4. The van der Waals surface area contributed by atoms with E-state index in [-0.39, 0.29) is 24.1 Å². The molecule has 0 bridgehead atoms. The second kappa shape index (κ2) is 6.76. The number of hydrogen-bond donors (Lipinski definition) is 3. The van der Waals surface area contributed by atoms with Crippen molar-refractivity contribution in [1.29, 1.82) is 0 Å². The molecule has 0 spiro atoms. The van der Waals surface area contributed by atoms with Gasteiger partial charge in [-0.3, -0.25) is 14.9 Å². The molecule has 1 aliphatic heterocycles. The minimum atomic E-state index is -4.64. The van der Waals surface area contributed by atoms with E-state index in [0.717, 1.165) is 12.1 Å². The first-order valence-corrected chi connectivity index (χ1v) is 7.30. The van der Waals surface area contributed by atoms with E-state index in [1.54, 1.807) is 6.92 Å². The van der Waals surface area contributed by atoms with Crippen molar-refractivity contribution in [2.24, 2.45) is 0 Å². The number of carbonyl (C=O) groups excluding carboxylic acids is 2. The van der Waals surface area contributed by atoms with Gasteiger partial charge in [-0.15, -0.1) is 0 Å². The Morgan fingerprint density at radius 2 is 2.04 bits per heavy atom. The van der Waals surface area contributed by atoms with Crippen molar-refractivity contribution in [1.82, 2.24) is 16.0 Å². The summed E-state index contributed by atoms with van der Waals surface area (Å²) in [7, 11) is 0. The topological polar surface area (TPSA) is 70.2 Å². The molecule has 1 aromatic carbocycles. The van der Waals surface area contributed by atoms with E-state index >= 15 is 0 Å². The van der Waals surface area contributed by atoms with Crippen molar-refractivity contribution in [3.05, 3.63) is 35.1 Å². The average molecular weight is 347 g/mol. The summed E-state index contributed by atoms with van der Waals surface area (Å²) in [6, 6.07) is 0.518. The van der Waals surface area contributed by atoms with Crippen molar-refractivity contribution in [2.75, 3.05) is 0 Å². The Kier molecular flexibility index (Phi) is 5.12. The van der Waals surface area contributed by atoms with Crippen LogP contribution in [0.25, 0.3) is 0 Å². The maximum absolute atomic E-state index is 13.9. The van der Waals surface area contributed by atoms with E-state index in [4.69, 9.17) is 0 Å². The van der Waals surface area contributed by atoms with Crippen LogP contribution in [0, 0.1) is 5.82 Å². The van der Waals surface area contributed by atoms with Gasteiger partial charge in [0.15, 0.2) is 0 Å². The highest BCUT2D eigenvalue weighted by Gasteiger charge is 2.32. The summed E-state index contributed by atoms with van der Waals surface area (Å²) in [6.07, 6.45) is -5.10. The first-order valence-electron chi connectivity index (χ1n) is 7.30. The maximum atomic E-state index is 13.9. The van der Waals surface area contributed by atoms with Gasteiger partial charge in [0.2, 0.25) is 11.8 Å². The Bertz CT molecular complexity index is 648. The number of nitrogens with one attached hydrogen (secondary N) is 3. The minimum Gasteiger partial charge on any atom is -0.348 e. The van der Waals surface area contributed by atoms with Gasteiger partial charge in [0.25, 0.3) is 0 Å². The summed E-state index contributed by atoms with van der Waals surface area (Å²) in [6.45, 7) is 3.12. The normalized spacial score (nSPS) is 22.7. The molecule has 0 radical (unpaired) electrons. The zero-order chi connectivity index (χ0) is 18.1. The van der Waals surface area contributed by atoms with Gasteiger partial charge >= 0.3 is 6.18 Å². The SMILES string of the molecule is CC1NC(=O)CC(C(=O)N[C@H](C)c2ccc(C(F)(F)F)cc2F)N1. The molecule has 1 heterocycles. The van der Waals surface area contributed by atoms with Crippen molar-refractivity contribution >= 4 is 11.8 Å². The number of alkyl halides is 3. The Labute approximate surface area is 135 Å². The van der Waals surface area contributed by atoms with Crippen molar-refractivity contribution in [3.8, 4) is 0 Å². The molecule has 1 aliphatic rings. The number of benzene rings is 1. The van der Waals surface area contributed by atoms with Gasteiger partial charge in [-0.05, 0) is 26.0 Å². The Morgan fingerprint density at radius 1 is 1.38 bits per heavy atom. The fourth-order valence-electron chi connectivity index (χ4n) is 2.50. The molecule has 0 saturated carbocycles. The molecule has 1 aromatic rings. The van der Waals surface area contributed by atoms with E-state index in [1.165, 1.54) is 6.92 Å². The third kappa shape index (κ3) is 4.22. The molecular weight excluding hydrogens is 330 g/mol. The predicted octanol–water partition coefficient (Wildman–Crippen LogP) is 1.85. The van der Waals surface area contributed by atoms with E-state index in [2.05, 4.69) is 16.0 Å². The number of hydrogen-bond acceptors (Lipinski definition) is 3. The van der Waals surface area contributed by atoms with Crippen LogP contribution in [0.5, 0.6) is 0 Å². The molecule has 5 nitrogen and oxygen atoms in total. The largest absolute Gasteiger partial charge is 0.416 e. The molecule has 1 saturated heterocycles. The summed E-state index contributed by atoms with van der Waals surface area (Å²) >= 11 is 0. The number of amides is 2. The third-order valence-corrected chi connectivity index (χ3v) is 3.69. The summed E-state index contributed by atoms with van der Waals surface area (Å²) in [5.74, 6) is -1.88. The van der Waals surface area contributed by atoms with Gasteiger partial charge < -0.3 is 10.6 Å². The predicted molar refractivity (Wildman–Crippen MR) is 77.1 cm³/mol. The summed E-state index contributed by atoms with van der Waals surface area (Å²) in [5.41, 5.74) is -1.16. The molecule has 2 unspecified atom stereocenters. The maximum Gasteiger partial charge on any atom is 0.416 e. The summed E-state index contributed by atoms with van der Waals surface area (Å²) in [5, 5.41) is 7.95. The highest BCUT2D eigenvalue weighted by molar-refractivity contribution is 5.89. The summed E-state index contributed by atoms with van der Waals surface area (Å²) < 4.78 is 51.6. The highest BCUT2D eigenvalue weighted by Crippen LogP contribution is 2.31. The monoisotopic (exact) mass is 347 g/mol. The Balaban J connectivity index is 2.08. The molecule has 24 heavy (non-hydrogen) atoms. The van der Waals surface area contributed by atoms with Crippen LogP contribution in [0.3, 0.4) is 0 Å². The molecule has 2 rings (SSSR count). The van der Waals surface area contributed by atoms with Crippen LogP contribution >= 0.6 is 0 Å². The van der Waals surface area contributed by atoms with Crippen LogP contribution < -0.4 is 16.0 Å². The van der Waals surface area contributed by atoms with Crippen LogP contribution in [0.15, 0.2) is 18.2 Å². The molecular formula is C15H17F4N3O2. The lowest BCUT2D eigenvalue weighted by Gasteiger charge is -2.29. The fourth-order valence-corrected chi connectivity index (χ4v) is 2.50. The van der Waals surface area contributed by atoms with Crippen LogP contribution in [0.1, 0.15) is 37.4 Å². The van der Waals surface area contributed by atoms with E-state index in [0.29, 0.717) is 6.07 Å². The van der Waals surface area contributed by atoms with Gasteiger partial charge in [0.1, 0.15) is 5.82 Å². The summed E-state index contributed by atoms with van der Waals surface area (Å²) in [4.78, 5) is 23.6. The van der Waals surface area contributed by atoms with Crippen LogP contribution in [0.2, 0.25) is 0 Å². The third-order valence-electron chi connectivity index (χ3n) is 3.69. The van der Waals surface area contributed by atoms with E-state index in [1.807, 2.05) is 0 Å². The number of halogens is 4. The van der Waals surface area contributed by atoms with Gasteiger partial charge in [-0.1, -0.05) is 6.07 Å². The van der Waals surface area contributed by atoms with Gasteiger partial charge in [-0.2, -0.15) is 13.2 Å². The molecule has 2 amide bonds.